The maximum absolute atomic E-state index is 12.6. The van der Waals surface area contributed by atoms with E-state index in [-0.39, 0.29) is 16.5 Å². The van der Waals surface area contributed by atoms with Gasteiger partial charge in [-0.2, -0.15) is 0 Å². The molecule has 3 N–H and O–H groups in total. The van der Waals surface area contributed by atoms with Gasteiger partial charge in [-0.3, -0.25) is 14.9 Å². The second-order valence-electron chi connectivity index (χ2n) is 5.67. The Kier molecular flexibility index (Phi) is 8.51. The zero-order valence-corrected chi connectivity index (χ0v) is 19.8. The molecule has 0 bridgehead atoms. The van der Waals surface area contributed by atoms with E-state index in [4.69, 9.17) is 51.8 Å². The van der Waals surface area contributed by atoms with Crippen LogP contribution in [0.5, 0.6) is 5.75 Å². The molecular formula is C17H14BrCl3N4O4S. The van der Waals surface area contributed by atoms with Crippen molar-refractivity contribution in [2.24, 2.45) is 0 Å². The van der Waals surface area contributed by atoms with Crippen molar-refractivity contribution < 1.29 is 14.5 Å². The Bertz CT molecular complexity index is 974. The Balaban J connectivity index is 2.19. The molecule has 0 radical (unpaired) electrons. The van der Waals surface area contributed by atoms with E-state index in [1.807, 2.05) is 0 Å². The summed E-state index contributed by atoms with van der Waals surface area (Å²) in [7, 11) is 1.39. The first-order valence-corrected chi connectivity index (χ1v) is 10.4. The highest BCUT2D eigenvalue weighted by Crippen LogP contribution is 2.31. The normalized spacial score (nSPS) is 11.9. The zero-order valence-electron chi connectivity index (χ0n) is 15.1. The lowest BCUT2D eigenvalue weighted by Crippen LogP contribution is -2.56. The lowest BCUT2D eigenvalue weighted by atomic mass is 10.2. The summed E-state index contributed by atoms with van der Waals surface area (Å²) in [5, 5.41) is 18.9. The van der Waals surface area contributed by atoms with Crippen LogP contribution < -0.4 is 20.7 Å². The maximum Gasteiger partial charge on any atom is 0.271 e. The Morgan fingerprint density at radius 3 is 2.47 bits per heavy atom. The standard InChI is InChI=1S/C17H14BrCl3N4O4S/c1-29-13-7-6-9(25(27)28)8-12(13)22-16(30)24-15(17(19,20)21)23-14(26)10-4-2-3-5-11(10)18/h2-8,15H,1H3,(H,23,26)(H2,22,24,30). The molecule has 13 heteroatoms. The summed E-state index contributed by atoms with van der Waals surface area (Å²) < 4.78 is 3.74. The summed E-state index contributed by atoms with van der Waals surface area (Å²) in [5.74, 6) is -0.227. The van der Waals surface area contributed by atoms with Crippen LogP contribution in [0.1, 0.15) is 10.4 Å². The highest BCUT2D eigenvalue weighted by molar-refractivity contribution is 9.10. The number of nitrogens with zero attached hydrogens (tertiary/aromatic N) is 1. The first kappa shape index (κ1) is 24.4. The number of nitrogens with one attached hydrogen (secondary N) is 3. The first-order valence-electron chi connectivity index (χ1n) is 8.05. The van der Waals surface area contributed by atoms with E-state index < -0.39 is 20.8 Å². The summed E-state index contributed by atoms with van der Waals surface area (Å²) >= 11 is 26.4. The van der Waals surface area contributed by atoms with Crippen LogP contribution in [-0.2, 0) is 0 Å². The molecule has 1 atom stereocenters. The largest absolute Gasteiger partial charge is 0.495 e. The number of amides is 1. The number of carbonyl (C=O) groups excluding carboxylic acids is 1. The number of anilines is 1. The maximum atomic E-state index is 12.6. The number of thiocarbonyl (C=S) groups is 1. The third-order valence-corrected chi connectivity index (χ3v) is 5.20. The lowest BCUT2D eigenvalue weighted by Gasteiger charge is -2.28. The minimum absolute atomic E-state index is 0.0717. The van der Waals surface area contributed by atoms with Gasteiger partial charge in [-0.1, -0.05) is 46.9 Å². The van der Waals surface area contributed by atoms with Crippen LogP contribution >= 0.6 is 63.0 Å². The molecule has 0 aliphatic rings. The molecule has 2 rings (SSSR count). The minimum Gasteiger partial charge on any atom is -0.495 e. The van der Waals surface area contributed by atoms with Gasteiger partial charge in [0.25, 0.3) is 11.6 Å². The third kappa shape index (κ3) is 6.58. The van der Waals surface area contributed by atoms with Gasteiger partial charge in [0, 0.05) is 16.6 Å². The van der Waals surface area contributed by atoms with E-state index in [2.05, 4.69) is 31.9 Å². The molecule has 30 heavy (non-hydrogen) atoms. The summed E-state index contributed by atoms with van der Waals surface area (Å²) in [6, 6.07) is 10.6. The Morgan fingerprint density at radius 2 is 1.90 bits per heavy atom. The van der Waals surface area contributed by atoms with Gasteiger partial charge >= 0.3 is 0 Å². The Morgan fingerprint density at radius 1 is 1.23 bits per heavy atom. The van der Waals surface area contributed by atoms with Gasteiger partial charge < -0.3 is 20.7 Å². The predicted molar refractivity (Wildman–Crippen MR) is 125 cm³/mol. The molecule has 0 heterocycles. The molecule has 2 aromatic rings. The molecule has 0 saturated carbocycles. The molecule has 2 aromatic carbocycles. The number of hydrogen-bond acceptors (Lipinski definition) is 5. The number of hydrogen-bond donors (Lipinski definition) is 3. The molecule has 0 saturated heterocycles. The van der Waals surface area contributed by atoms with Crippen molar-refractivity contribution in [2.75, 3.05) is 12.4 Å². The van der Waals surface area contributed by atoms with Crippen LogP contribution in [0.15, 0.2) is 46.9 Å². The molecule has 0 aliphatic carbocycles. The van der Waals surface area contributed by atoms with Crippen LogP contribution in [0.25, 0.3) is 0 Å². The van der Waals surface area contributed by atoms with Crippen molar-refractivity contribution in [1.29, 1.82) is 0 Å². The molecule has 160 valence electrons. The van der Waals surface area contributed by atoms with Crippen molar-refractivity contribution in [1.82, 2.24) is 10.6 Å². The fourth-order valence-electron chi connectivity index (χ4n) is 2.25. The predicted octanol–water partition coefficient (Wildman–Crippen LogP) is 4.78. The molecule has 0 aromatic heterocycles. The number of nitro groups is 1. The van der Waals surface area contributed by atoms with E-state index in [1.165, 1.54) is 25.3 Å². The van der Waals surface area contributed by atoms with Gasteiger partial charge in [0.05, 0.1) is 23.3 Å². The minimum atomic E-state index is -1.98. The summed E-state index contributed by atoms with van der Waals surface area (Å²) in [4.78, 5) is 23.0. The number of alkyl halides is 3. The average molecular weight is 557 g/mol. The van der Waals surface area contributed by atoms with E-state index in [9.17, 15) is 14.9 Å². The van der Waals surface area contributed by atoms with Crippen LogP contribution in [0.3, 0.4) is 0 Å². The number of non-ortho nitro benzene ring substituents is 1. The van der Waals surface area contributed by atoms with Crippen molar-refractivity contribution in [3.05, 3.63) is 62.6 Å². The van der Waals surface area contributed by atoms with E-state index in [0.29, 0.717) is 15.8 Å². The molecule has 8 nitrogen and oxygen atoms in total. The van der Waals surface area contributed by atoms with E-state index in [1.54, 1.807) is 24.3 Å². The topological polar surface area (TPSA) is 106 Å². The summed E-state index contributed by atoms with van der Waals surface area (Å²) in [6.07, 6.45) is -1.23. The zero-order chi connectivity index (χ0) is 22.5. The van der Waals surface area contributed by atoms with Crippen LogP contribution in [-0.4, -0.2) is 33.0 Å². The van der Waals surface area contributed by atoms with Gasteiger partial charge in [-0.25, -0.2) is 0 Å². The van der Waals surface area contributed by atoms with Crippen molar-refractivity contribution in [2.45, 2.75) is 9.96 Å². The molecular weight excluding hydrogens is 543 g/mol. The number of rotatable bonds is 6. The Labute approximate surface area is 200 Å². The van der Waals surface area contributed by atoms with Crippen LogP contribution in [0.2, 0.25) is 0 Å². The molecule has 0 fully saturated rings. The second kappa shape index (κ2) is 10.5. The first-order chi connectivity index (χ1) is 14.0. The van der Waals surface area contributed by atoms with E-state index >= 15 is 0 Å². The third-order valence-electron chi connectivity index (χ3n) is 3.64. The smallest absolute Gasteiger partial charge is 0.271 e. The quantitative estimate of drug-likeness (QED) is 0.155. The number of benzene rings is 2. The fraction of sp³-hybridized carbons (Fsp3) is 0.176. The highest BCUT2D eigenvalue weighted by Gasteiger charge is 2.35. The lowest BCUT2D eigenvalue weighted by molar-refractivity contribution is -0.384. The van der Waals surface area contributed by atoms with Crippen molar-refractivity contribution in [3.63, 3.8) is 0 Å². The number of halogens is 4. The van der Waals surface area contributed by atoms with Gasteiger partial charge in [0.1, 0.15) is 11.9 Å². The molecule has 1 amide bonds. The molecule has 1 unspecified atom stereocenters. The SMILES string of the molecule is COc1ccc([N+](=O)[O-])cc1NC(=S)NC(NC(=O)c1ccccc1Br)C(Cl)(Cl)Cl. The second-order valence-corrected chi connectivity index (χ2v) is 9.30. The van der Waals surface area contributed by atoms with Crippen molar-refractivity contribution in [3.8, 4) is 5.75 Å². The summed E-state index contributed by atoms with van der Waals surface area (Å²) in [5.41, 5.74) is 0.350. The monoisotopic (exact) mass is 554 g/mol. The average Bonchev–Trinajstić information content (AvgIpc) is 2.66. The van der Waals surface area contributed by atoms with Crippen LogP contribution in [0, 0.1) is 10.1 Å². The number of ether oxygens (including phenoxy) is 1. The molecule has 0 aliphatic heterocycles. The van der Waals surface area contributed by atoms with Crippen LogP contribution in [0.4, 0.5) is 11.4 Å². The van der Waals surface area contributed by atoms with E-state index in [0.717, 1.165) is 0 Å². The summed E-state index contributed by atoms with van der Waals surface area (Å²) in [6.45, 7) is 0. The Hall–Kier alpha value is -1.85. The fourth-order valence-corrected chi connectivity index (χ4v) is 3.27. The number of nitro benzene ring substituents is 1. The van der Waals surface area contributed by atoms with Gasteiger partial charge in [-0.05, 0) is 46.3 Å². The highest BCUT2D eigenvalue weighted by atomic mass is 79.9. The number of carbonyl (C=O) groups is 1. The van der Waals surface area contributed by atoms with Crippen molar-refractivity contribution >= 4 is 85.3 Å². The van der Waals surface area contributed by atoms with Gasteiger partial charge in [0.2, 0.25) is 3.79 Å². The van der Waals surface area contributed by atoms with Gasteiger partial charge in [0.15, 0.2) is 5.11 Å². The molecule has 0 spiro atoms. The number of methoxy groups -OCH3 is 1. The van der Waals surface area contributed by atoms with Gasteiger partial charge in [-0.15, -0.1) is 0 Å².